The van der Waals surface area contributed by atoms with E-state index >= 15 is 0 Å². The van der Waals surface area contributed by atoms with Crippen LogP contribution in [0.1, 0.15) is 40.6 Å². The Morgan fingerprint density at radius 3 is 2.87 bits per heavy atom. The van der Waals surface area contributed by atoms with E-state index in [1.54, 1.807) is 12.4 Å². The highest BCUT2D eigenvalue weighted by Crippen LogP contribution is 2.37. The number of hydrogen-bond donors (Lipinski definition) is 1. The standard InChI is InChI=1S/C23H22N6OS/c30-22(21-9-4-12-28(21)15-17-10-11-24-25-14-17)27-23-26-19(16-31-23)20-8-5-13-29(20)18-6-2-1-3-7-18/h1-4,6-7,9-12,14,16,20H,5,8,13,15H2,(H,26,27,30). The van der Waals surface area contributed by atoms with Gasteiger partial charge in [0.25, 0.3) is 5.91 Å². The van der Waals surface area contributed by atoms with Crippen molar-refractivity contribution in [2.24, 2.45) is 0 Å². The minimum absolute atomic E-state index is 0.167. The van der Waals surface area contributed by atoms with E-state index in [0.717, 1.165) is 30.6 Å². The summed E-state index contributed by atoms with van der Waals surface area (Å²) in [6.07, 6.45) is 7.44. The van der Waals surface area contributed by atoms with Gasteiger partial charge >= 0.3 is 0 Å². The molecule has 1 aromatic carbocycles. The van der Waals surface area contributed by atoms with Gasteiger partial charge in [0, 0.05) is 36.6 Å². The number of para-hydroxylation sites is 1. The quantitative estimate of drug-likeness (QED) is 0.491. The van der Waals surface area contributed by atoms with Crippen molar-refractivity contribution in [2.45, 2.75) is 25.4 Å². The predicted molar refractivity (Wildman–Crippen MR) is 121 cm³/mol. The lowest BCUT2D eigenvalue weighted by atomic mass is 10.1. The number of nitrogens with one attached hydrogen (secondary N) is 1. The molecule has 0 spiro atoms. The molecule has 7 nitrogen and oxygen atoms in total. The number of benzene rings is 1. The number of thiazole rings is 1. The predicted octanol–water partition coefficient (Wildman–Crippen LogP) is 4.38. The van der Waals surface area contributed by atoms with Crippen LogP contribution in [0.5, 0.6) is 0 Å². The molecule has 1 atom stereocenters. The third kappa shape index (κ3) is 4.20. The van der Waals surface area contributed by atoms with Gasteiger partial charge < -0.3 is 9.47 Å². The van der Waals surface area contributed by atoms with Gasteiger partial charge in [-0.2, -0.15) is 10.2 Å². The number of nitrogens with zero attached hydrogens (tertiary/aromatic N) is 5. The zero-order valence-electron chi connectivity index (χ0n) is 16.9. The topological polar surface area (TPSA) is 75.9 Å². The molecule has 1 aliphatic heterocycles. The molecule has 0 radical (unpaired) electrons. The molecule has 8 heteroatoms. The van der Waals surface area contributed by atoms with Crippen LogP contribution in [0.3, 0.4) is 0 Å². The molecule has 3 aromatic heterocycles. The second-order valence-electron chi connectivity index (χ2n) is 7.49. The molecule has 31 heavy (non-hydrogen) atoms. The smallest absolute Gasteiger partial charge is 0.274 e. The molecule has 1 aliphatic rings. The van der Waals surface area contributed by atoms with Crippen LogP contribution < -0.4 is 10.2 Å². The average molecular weight is 431 g/mol. The lowest BCUT2D eigenvalue weighted by Gasteiger charge is -2.25. The summed E-state index contributed by atoms with van der Waals surface area (Å²) < 4.78 is 1.90. The molecule has 1 saturated heterocycles. The van der Waals surface area contributed by atoms with E-state index in [4.69, 9.17) is 4.98 Å². The Labute approximate surface area is 184 Å². The fraction of sp³-hybridized carbons (Fsp3) is 0.217. The van der Waals surface area contributed by atoms with E-state index in [-0.39, 0.29) is 11.9 Å². The summed E-state index contributed by atoms with van der Waals surface area (Å²) in [5.74, 6) is -0.167. The van der Waals surface area contributed by atoms with Crippen molar-refractivity contribution in [3.8, 4) is 0 Å². The Bertz CT molecular complexity index is 1160. The highest BCUT2D eigenvalue weighted by molar-refractivity contribution is 7.14. The first-order valence-corrected chi connectivity index (χ1v) is 11.1. The number of amides is 1. The summed E-state index contributed by atoms with van der Waals surface area (Å²) in [5.41, 5.74) is 3.80. The number of carbonyl (C=O) groups is 1. The van der Waals surface area contributed by atoms with Gasteiger partial charge in [0.2, 0.25) is 0 Å². The Morgan fingerprint density at radius 1 is 1.13 bits per heavy atom. The molecule has 1 fully saturated rings. The van der Waals surface area contributed by atoms with Crippen LogP contribution in [-0.4, -0.2) is 32.2 Å². The van der Waals surface area contributed by atoms with Crippen LogP contribution in [0, 0.1) is 0 Å². The number of hydrogen-bond acceptors (Lipinski definition) is 6. The van der Waals surface area contributed by atoms with E-state index in [9.17, 15) is 4.79 Å². The molecule has 0 saturated carbocycles. The number of aromatic nitrogens is 4. The zero-order valence-corrected chi connectivity index (χ0v) is 17.7. The van der Waals surface area contributed by atoms with Crippen molar-refractivity contribution in [1.29, 1.82) is 0 Å². The summed E-state index contributed by atoms with van der Waals surface area (Å²) in [6, 6.07) is 16.3. The molecule has 1 amide bonds. The van der Waals surface area contributed by atoms with Crippen LogP contribution >= 0.6 is 11.3 Å². The van der Waals surface area contributed by atoms with Gasteiger partial charge in [-0.1, -0.05) is 18.2 Å². The molecular formula is C23H22N6OS. The Balaban J connectivity index is 1.29. The molecule has 1 N–H and O–H groups in total. The van der Waals surface area contributed by atoms with Gasteiger partial charge in [0.05, 0.1) is 17.9 Å². The summed E-state index contributed by atoms with van der Waals surface area (Å²) in [5, 5.41) is 13.4. The third-order valence-electron chi connectivity index (χ3n) is 5.49. The van der Waals surface area contributed by atoms with E-state index in [1.807, 2.05) is 35.0 Å². The van der Waals surface area contributed by atoms with Crippen LogP contribution in [0.15, 0.2) is 72.5 Å². The van der Waals surface area contributed by atoms with Gasteiger partial charge in [0.15, 0.2) is 5.13 Å². The fourth-order valence-electron chi connectivity index (χ4n) is 4.03. The highest BCUT2D eigenvalue weighted by atomic mass is 32.1. The van der Waals surface area contributed by atoms with Crippen LogP contribution in [0.4, 0.5) is 10.8 Å². The van der Waals surface area contributed by atoms with Crippen molar-refractivity contribution in [2.75, 3.05) is 16.8 Å². The number of rotatable bonds is 6. The molecule has 1 unspecified atom stereocenters. The average Bonchev–Trinajstić information content (AvgIpc) is 3.56. The number of carbonyl (C=O) groups excluding carboxylic acids is 1. The van der Waals surface area contributed by atoms with Gasteiger partial charge in [-0.05, 0) is 48.7 Å². The lowest BCUT2D eigenvalue weighted by molar-refractivity contribution is 0.101. The third-order valence-corrected chi connectivity index (χ3v) is 6.26. The van der Waals surface area contributed by atoms with E-state index in [0.29, 0.717) is 17.4 Å². The Kier molecular flexibility index (Phi) is 5.45. The minimum Gasteiger partial charge on any atom is -0.363 e. The van der Waals surface area contributed by atoms with Gasteiger partial charge in [-0.15, -0.1) is 11.3 Å². The first kappa shape index (κ1) is 19.4. The molecule has 0 aliphatic carbocycles. The summed E-state index contributed by atoms with van der Waals surface area (Å²) in [7, 11) is 0. The second-order valence-corrected chi connectivity index (χ2v) is 8.35. The molecule has 5 rings (SSSR count). The maximum absolute atomic E-state index is 12.9. The normalized spacial score (nSPS) is 15.9. The lowest BCUT2D eigenvalue weighted by Crippen LogP contribution is -2.22. The van der Waals surface area contributed by atoms with Gasteiger partial charge in [-0.25, -0.2) is 4.98 Å². The minimum atomic E-state index is -0.167. The molecule has 0 bridgehead atoms. The van der Waals surface area contributed by atoms with Crippen LogP contribution in [-0.2, 0) is 6.54 Å². The van der Waals surface area contributed by atoms with Gasteiger partial charge in [0.1, 0.15) is 5.69 Å². The first-order valence-electron chi connectivity index (χ1n) is 10.3. The highest BCUT2D eigenvalue weighted by Gasteiger charge is 2.28. The Morgan fingerprint density at radius 2 is 2.03 bits per heavy atom. The maximum atomic E-state index is 12.9. The van der Waals surface area contributed by atoms with Crippen molar-refractivity contribution < 1.29 is 4.79 Å². The van der Waals surface area contributed by atoms with Crippen LogP contribution in [0.2, 0.25) is 0 Å². The van der Waals surface area contributed by atoms with Crippen molar-refractivity contribution in [1.82, 2.24) is 19.7 Å². The largest absolute Gasteiger partial charge is 0.363 e. The van der Waals surface area contributed by atoms with Crippen molar-refractivity contribution in [3.05, 3.63) is 89.5 Å². The summed E-state index contributed by atoms with van der Waals surface area (Å²) >= 11 is 1.47. The second kappa shape index (κ2) is 8.69. The number of anilines is 2. The first-order chi connectivity index (χ1) is 15.3. The monoisotopic (exact) mass is 430 g/mol. The zero-order chi connectivity index (χ0) is 21.0. The van der Waals surface area contributed by atoms with Crippen molar-refractivity contribution >= 4 is 28.1 Å². The van der Waals surface area contributed by atoms with E-state index < -0.39 is 0 Å². The van der Waals surface area contributed by atoms with Crippen molar-refractivity contribution in [3.63, 3.8) is 0 Å². The fourth-order valence-corrected chi connectivity index (χ4v) is 4.78. The van der Waals surface area contributed by atoms with E-state index in [1.165, 1.54) is 17.0 Å². The van der Waals surface area contributed by atoms with E-state index in [2.05, 4.69) is 50.1 Å². The molecule has 4 aromatic rings. The summed E-state index contributed by atoms with van der Waals surface area (Å²) in [4.78, 5) is 20.0. The Hall–Kier alpha value is -3.52. The van der Waals surface area contributed by atoms with Gasteiger partial charge in [-0.3, -0.25) is 10.1 Å². The SMILES string of the molecule is O=C(Nc1nc(C2CCCN2c2ccccc2)cs1)c1cccn1Cc1ccnnc1. The maximum Gasteiger partial charge on any atom is 0.274 e. The molecule has 4 heterocycles. The molecular weight excluding hydrogens is 408 g/mol. The molecule has 156 valence electrons. The summed E-state index contributed by atoms with van der Waals surface area (Å²) in [6.45, 7) is 1.58. The van der Waals surface area contributed by atoms with Crippen LogP contribution in [0.25, 0.3) is 0 Å².